The van der Waals surface area contributed by atoms with Gasteiger partial charge in [-0.2, -0.15) is 23.4 Å². The van der Waals surface area contributed by atoms with Gasteiger partial charge in [-0.15, -0.1) is 0 Å². The van der Waals surface area contributed by atoms with E-state index in [1.54, 1.807) is 44.6 Å². The number of hydrogen-bond donors (Lipinski definition) is 3. The summed E-state index contributed by atoms with van der Waals surface area (Å²) in [6.45, 7) is 8.78. The Labute approximate surface area is 422 Å². The Morgan fingerprint density at radius 2 is 1.85 bits per heavy atom. The number of aromatic nitrogens is 6. The number of nitrogens with zero attached hydrogens (tertiary/aromatic N) is 13. The molecule has 2 saturated carbocycles. The molecule has 2 aliphatic carbocycles. The number of fused-ring (bicyclic) bond motifs is 1. The summed E-state index contributed by atoms with van der Waals surface area (Å²) >= 11 is 0.798. The van der Waals surface area contributed by atoms with Crippen LogP contribution < -0.4 is 19.8 Å². The lowest BCUT2D eigenvalue weighted by molar-refractivity contribution is -0.140. The van der Waals surface area contributed by atoms with Crippen LogP contribution in [0.4, 0.5) is 27.6 Å². The standard InChI is InChI=1S/C47H56F5N15O4S2/c1-26(2)66-22-35(47(50,51)52)57-41(66)30-9-7-28(8-10-30)21-64(44-58-40(55-25-62(44)5)37-38(29-11-12-29)53-24-54-42(37)71-6)23-36(68)65-16-15-63(20-27(65)3)33-17-31(73(69,70)61-46(4)13-14-46)18-34-32(33)19-56-67(34)45-60-59-43(72-45)39(48)49/h7-10,17-19,22,24-27,29,36,39,44-45,60-61,68H,11-16,20-21,23H2,1-6H3. The van der Waals surface area contributed by atoms with Crippen molar-refractivity contribution >= 4 is 55.6 Å². The highest BCUT2D eigenvalue weighted by molar-refractivity contribution is 8.14. The zero-order valence-corrected chi connectivity index (χ0v) is 42.5. The second-order valence-corrected chi connectivity index (χ2v) is 22.5. The van der Waals surface area contributed by atoms with E-state index in [-0.39, 0.29) is 41.8 Å². The number of imidazole rings is 1. The normalized spacial score (nSPS) is 21.9. The number of piperazine rings is 1. The second-order valence-electron chi connectivity index (χ2n) is 19.7. The monoisotopic (exact) mass is 1050 g/mol. The lowest BCUT2D eigenvalue weighted by Gasteiger charge is -2.45. The number of thioether (sulfide) groups is 1. The number of halogens is 5. The maximum Gasteiger partial charge on any atom is 0.434 e. The minimum Gasteiger partial charge on any atom is -0.480 e. The van der Waals surface area contributed by atoms with Gasteiger partial charge in [0.2, 0.25) is 15.9 Å². The molecule has 4 unspecified atom stereocenters. The van der Waals surface area contributed by atoms with Crippen molar-refractivity contribution in [3.63, 3.8) is 0 Å². The van der Waals surface area contributed by atoms with Crippen molar-refractivity contribution in [1.29, 1.82) is 0 Å². The van der Waals surface area contributed by atoms with E-state index in [0.717, 1.165) is 42.1 Å². The molecule has 3 fully saturated rings. The molecular weight excluding hydrogens is 998 g/mol. The first-order chi connectivity index (χ1) is 34.7. The number of rotatable bonds is 17. The number of aliphatic hydroxyl groups excluding tert-OH is 1. The van der Waals surface area contributed by atoms with Crippen molar-refractivity contribution in [3.05, 3.63) is 77.6 Å². The van der Waals surface area contributed by atoms with Crippen molar-refractivity contribution in [2.24, 2.45) is 15.1 Å². The van der Waals surface area contributed by atoms with Crippen LogP contribution in [0.1, 0.15) is 93.4 Å². The first-order valence-corrected chi connectivity index (χ1v) is 26.3. The summed E-state index contributed by atoms with van der Waals surface area (Å²) in [6.07, 6.45) is -0.160. The molecule has 3 N–H and O–H groups in total. The third-order valence-electron chi connectivity index (χ3n) is 13.8. The van der Waals surface area contributed by atoms with Crippen molar-refractivity contribution in [2.75, 3.05) is 45.2 Å². The highest BCUT2D eigenvalue weighted by atomic mass is 32.2. The van der Waals surface area contributed by atoms with E-state index >= 15 is 0 Å². The summed E-state index contributed by atoms with van der Waals surface area (Å²) in [5, 5.41) is 20.9. The van der Waals surface area contributed by atoms with E-state index in [4.69, 9.17) is 14.7 Å². The van der Waals surface area contributed by atoms with Crippen LogP contribution in [0.5, 0.6) is 5.88 Å². The average molecular weight is 1050 g/mol. The van der Waals surface area contributed by atoms with Gasteiger partial charge in [0.1, 0.15) is 23.9 Å². The molecule has 0 radical (unpaired) electrons. The van der Waals surface area contributed by atoms with Gasteiger partial charge in [0, 0.05) is 86.1 Å². The van der Waals surface area contributed by atoms with Gasteiger partial charge < -0.3 is 24.2 Å². The van der Waals surface area contributed by atoms with Crippen molar-refractivity contribution in [1.82, 2.24) is 54.1 Å². The number of ether oxygens (including phenoxy) is 1. The largest absolute Gasteiger partial charge is 0.480 e. The first kappa shape index (κ1) is 50.7. The lowest BCUT2D eigenvalue weighted by Crippen LogP contribution is -2.59. The summed E-state index contributed by atoms with van der Waals surface area (Å²) in [5.74, 6) is 1.10. The molecule has 1 saturated heterocycles. The van der Waals surface area contributed by atoms with Gasteiger partial charge in [-0.1, -0.05) is 36.0 Å². The maximum absolute atomic E-state index is 14.0. The Balaban J connectivity index is 0.944. The molecule has 73 heavy (non-hydrogen) atoms. The summed E-state index contributed by atoms with van der Waals surface area (Å²) in [7, 11) is -0.677. The van der Waals surface area contributed by atoms with E-state index in [9.17, 15) is 35.5 Å². The Bertz CT molecular complexity index is 3090. The van der Waals surface area contributed by atoms with Gasteiger partial charge >= 0.3 is 6.18 Å². The molecule has 3 aromatic heterocycles. The minimum atomic E-state index is -4.62. The number of sulfonamides is 1. The molecule has 0 amide bonds. The van der Waals surface area contributed by atoms with E-state index in [2.05, 4.69) is 35.3 Å². The van der Waals surface area contributed by atoms with Crippen LogP contribution in [0.2, 0.25) is 0 Å². The molecule has 5 aromatic rings. The summed E-state index contributed by atoms with van der Waals surface area (Å²) in [5.41, 5.74) is 3.98. The average Bonchev–Trinajstić information content (AvgIpc) is 4.11. The molecule has 19 nitrogen and oxygen atoms in total. The molecular formula is C47H56F5N15O4S2. The zero-order chi connectivity index (χ0) is 51.7. The number of aliphatic hydroxyl groups is 1. The van der Waals surface area contributed by atoms with Gasteiger partial charge in [0.15, 0.2) is 28.4 Å². The summed E-state index contributed by atoms with van der Waals surface area (Å²) in [6, 6.07) is 9.67. The molecule has 390 valence electrons. The van der Waals surface area contributed by atoms with Gasteiger partial charge in [-0.25, -0.2) is 51.5 Å². The fraction of sp³-hybridized carbons (Fsp3) is 0.511. The van der Waals surface area contributed by atoms with E-state index in [1.165, 1.54) is 28.8 Å². The van der Waals surface area contributed by atoms with Crippen LogP contribution in [0, 0.1) is 0 Å². The van der Waals surface area contributed by atoms with E-state index < -0.39 is 56.9 Å². The number of amidine groups is 1. The Kier molecular flexibility index (Phi) is 13.5. The van der Waals surface area contributed by atoms with Crippen LogP contribution in [0.15, 0.2) is 75.1 Å². The van der Waals surface area contributed by atoms with Gasteiger partial charge in [-0.3, -0.25) is 15.2 Å². The molecule has 0 bridgehead atoms. The number of aliphatic imine (C=N–C) groups is 2. The highest BCUT2D eigenvalue weighted by Crippen LogP contribution is 2.43. The summed E-state index contributed by atoms with van der Waals surface area (Å²) < 4.78 is 108. The molecule has 6 heterocycles. The van der Waals surface area contributed by atoms with Crippen molar-refractivity contribution < 1.29 is 40.2 Å². The van der Waals surface area contributed by atoms with Crippen molar-refractivity contribution in [3.8, 4) is 17.3 Å². The van der Waals surface area contributed by atoms with Crippen molar-refractivity contribution in [2.45, 2.75) is 119 Å². The van der Waals surface area contributed by atoms with Gasteiger partial charge in [0.25, 0.3) is 6.43 Å². The molecule has 26 heteroatoms. The Morgan fingerprint density at radius 1 is 1.10 bits per heavy atom. The van der Waals surface area contributed by atoms with Gasteiger partial charge in [-0.05, 0) is 71.1 Å². The molecule has 2 aromatic carbocycles. The number of alkyl halides is 5. The maximum atomic E-state index is 14.0. The minimum absolute atomic E-state index is 0.00173. The molecule has 10 rings (SSSR count). The van der Waals surface area contributed by atoms with Gasteiger partial charge in [0.05, 0.1) is 35.8 Å². The number of benzene rings is 2. The van der Waals surface area contributed by atoms with Crippen LogP contribution in [-0.2, 0) is 22.7 Å². The molecule has 0 spiro atoms. The number of anilines is 1. The Hall–Kier alpha value is -5.80. The summed E-state index contributed by atoms with van der Waals surface area (Å²) in [4.78, 5) is 30.7. The van der Waals surface area contributed by atoms with Crippen LogP contribution >= 0.6 is 11.8 Å². The number of hydrogen-bond acceptors (Lipinski definition) is 17. The predicted octanol–water partition coefficient (Wildman–Crippen LogP) is 6.41. The topological polar surface area (TPSA) is 199 Å². The molecule has 5 aliphatic rings. The zero-order valence-electron chi connectivity index (χ0n) is 40.9. The number of hydrazone groups is 1. The Morgan fingerprint density at radius 3 is 2.49 bits per heavy atom. The number of methoxy groups -OCH3 is 1. The fourth-order valence-corrected chi connectivity index (χ4v) is 11.8. The predicted molar refractivity (Wildman–Crippen MR) is 266 cm³/mol. The highest BCUT2D eigenvalue weighted by Gasteiger charge is 2.43. The fourth-order valence-electron chi connectivity index (χ4n) is 9.51. The third-order valence-corrected chi connectivity index (χ3v) is 16.4. The molecule has 3 aliphatic heterocycles. The van der Waals surface area contributed by atoms with E-state index in [1.807, 2.05) is 52.6 Å². The van der Waals surface area contributed by atoms with E-state index in [0.29, 0.717) is 71.9 Å². The van der Waals surface area contributed by atoms with Crippen LogP contribution in [0.3, 0.4) is 0 Å². The van der Waals surface area contributed by atoms with Crippen LogP contribution in [0.25, 0.3) is 22.3 Å². The third kappa shape index (κ3) is 10.4. The quantitative estimate of drug-likeness (QED) is 0.0864. The number of nitrogens with one attached hydrogen (secondary N) is 2. The first-order valence-electron chi connectivity index (χ1n) is 23.9. The smallest absolute Gasteiger partial charge is 0.434 e. The SMILES string of the molecule is COc1ncnc(C2CC2)c1C1=NC(N(Cc2ccc(-c3nc(C(F)(F)F)cn3C(C)C)cc2)CC(O)N2CCN(c3cc(S(=O)(=O)NC4(C)CC4)cc4c3cnn4C3NN=C(C(F)F)S3)CC2C)N(C)C=N1. The second kappa shape index (κ2) is 19.5. The lowest BCUT2D eigenvalue weighted by atomic mass is 10.1. The molecule has 4 atom stereocenters. The van der Waals surface area contributed by atoms with Crippen LogP contribution in [-0.4, -0.2) is 146 Å².